The van der Waals surface area contributed by atoms with E-state index in [9.17, 15) is 4.79 Å². The quantitative estimate of drug-likeness (QED) is 0.876. The Balaban J connectivity index is 1.59. The van der Waals surface area contributed by atoms with Gasteiger partial charge in [0, 0.05) is 37.8 Å². The van der Waals surface area contributed by atoms with Crippen molar-refractivity contribution in [1.82, 2.24) is 24.6 Å². The molecule has 0 unspecified atom stereocenters. The summed E-state index contributed by atoms with van der Waals surface area (Å²) in [6.45, 7) is 3.17. The minimum Gasteiger partial charge on any atom is -0.339 e. The summed E-state index contributed by atoms with van der Waals surface area (Å²) >= 11 is 0. The molecule has 2 heterocycles. The third-order valence-corrected chi connectivity index (χ3v) is 4.65. The van der Waals surface area contributed by atoms with Crippen LogP contribution in [0.5, 0.6) is 0 Å². The van der Waals surface area contributed by atoms with E-state index < -0.39 is 0 Å². The van der Waals surface area contributed by atoms with E-state index in [0.717, 1.165) is 38.2 Å². The van der Waals surface area contributed by atoms with E-state index in [1.165, 1.54) is 6.33 Å². The summed E-state index contributed by atoms with van der Waals surface area (Å²) in [4.78, 5) is 20.8. The fourth-order valence-electron chi connectivity index (χ4n) is 3.18. The molecule has 24 heavy (non-hydrogen) atoms. The van der Waals surface area contributed by atoms with Crippen LogP contribution < -0.4 is 5.73 Å². The zero-order valence-corrected chi connectivity index (χ0v) is 14.0. The molecule has 1 aliphatic rings. The van der Waals surface area contributed by atoms with Crippen LogP contribution in [0.3, 0.4) is 0 Å². The minimum atomic E-state index is 0.0973. The fourth-order valence-corrected chi connectivity index (χ4v) is 3.18. The summed E-state index contributed by atoms with van der Waals surface area (Å²) in [5.41, 5.74) is 7.23. The highest BCUT2D eigenvalue weighted by molar-refractivity contribution is 5.94. The molecule has 128 valence electrons. The first-order valence-corrected chi connectivity index (χ1v) is 8.33. The average molecular weight is 328 g/mol. The van der Waals surface area contributed by atoms with Crippen LogP contribution in [0.2, 0.25) is 0 Å². The molecule has 1 aromatic carbocycles. The summed E-state index contributed by atoms with van der Waals surface area (Å²) in [7, 11) is 2.11. The van der Waals surface area contributed by atoms with Gasteiger partial charge in [-0.05, 0) is 44.2 Å². The molecule has 0 bridgehead atoms. The normalized spacial score (nSPS) is 15.9. The van der Waals surface area contributed by atoms with Crippen molar-refractivity contribution in [1.29, 1.82) is 0 Å². The molecule has 1 saturated heterocycles. The summed E-state index contributed by atoms with van der Waals surface area (Å²) in [6.07, 6.45) is 5.13. The number of likely N-dealkylation sites (N-methyl/N-ethyl adjacent to an activating group) is 1. The predicted molar refractivity (Wildman–Crippen MR) is 92.0 cm³/mol. The van der Waals surface area contributed by atoms with Gasteiger partial charge in [-0.1, -0.05) is 0 Å². The molecular weight excluding hydrogens is 304 g/mol. The minimum absolute atomic E-state index is 0.0973. The molecule has 0 saturated carbocycles. The van der Waals surface area contributed by atoms with Gasteiger partial charge >= 0.3 is 0 Å². The zero-order valence-electron chi connectivity index (χ0n) is 14.0. The predicted octanol–water partition coefficient (Wildman–Crippen LogP) is 0.762. The number of benzene rings is 1. The van der Waals surface area contributed by atoms with Crippen molar-refractivity contribution in [2.75, 3.05) is 33.2 Å². The van der Waals surface area contributed by atoms with E-state index in [1.807, 2.05) is 29.2 Å². The summed E-state index contributed by atoms with van der Waals surface area (Å²) in [6, 6.07) is 8.01. The van der Waals surface area contributed by atoms with Gasteiger partial charge in [0.15, 0.2) is 0 Å². The largest absolute Gasteiger partial charge is 0.339 e. The zero-order chi connectivity index (χ0) is 16.9. The van der Waals surface area contributed by atoms with E-state index in [-0.39, 0.29) is 5.91 Å². The molecule has 1 fully saturated rings. The molecular formula is C17H24N6O. The van der Waals surface area contributed by atoms with Crippen molar-refractivity contribution in [3.8, 4) is 5.69 Å². The molecule has 7 heteroatoms. The summed E-state index contributed by atoms with van der Waals surface area (Å²) in [5.74, 6) is 0.0973. The molecule has 1 amide bonds. The number of rotatable bonds is 5. The maximum atomic E-state index is 12.7. The summed E-state index contributed by atoms with van der Waals surface area (Å²) < 4.78 is 1.67. The first-order valence-electron chi connectivity index (χ1n) is 8.33. The lowest BCUT2D eigenvalue weighted by atomic mass is 10.0. The number of aromatic nitrogens is 3. The van der Waals surface area contributed by atoms with Crippen molar-refractivity contribution in [2.24, 2.45) is 5.73 Å². The Morgan fingerprint density at radius 3 is 2.58 bits per heavy atom. The van der Waals surface area contributed by atoms with Crippen molar-refractivity contribution < 1.29 is 4.79 Å². The second-order valence-corrected chi connectivity index (χ2v) is 6.18. The highest BCUT2D eigenvalue weighted by Crippen LogP contribution is 2.18. The first-order chi connectivity index (χ1) is 11.7. The average Bonchev–Trinajstić information content (AvgIpc) is 3.16. The highest BCUT2D eigenvalue weighted by Gasteiger charge is 2.25. The van der Waals surface area contributed by atoms with Gasteiger partial charge in [-0.3, -0.25) is 4.79 Å². The van der Waals surface area contributed by atoms with Gasteiger partial charge in [0.25, 0.3) is 5.91 Å². The SMILES string of the molecule is CN(CCN)C1CCN(C(=O)c2ccc(-n3cncn3)cc2)CC1. The smallest absolute Gasteiger partial charge is 0.253 e. The number of carbonyl (C=O) groups excluding carboxylic acids is 1. The lowest BCUT2D eigenvalue weighted by molar-refractivity contribution is 0.0648. The number of amides is 1. The molecule has 3 rings (SSSR count). The Hall–Kier alpha value is -2.25. The maximum absolute atomic E-state index is 12.7. The van der Waals surface area contributed by atoms with E-state index in [4.69, 9.17) is 5.73 Å². The number of nitrogens with zero attached hydrogens (tertiary/aromatic N) is 5. The Morgan fingerprint density at radius 1 is 1.29 bits per heavy atom. The van der Waals surface area contributed by atoms with Gasteiger partial charge in [0.1, 0.15) is 12.7 Å². The Labute approximate surface area is 142 Å². The van der Waals surface area contributed by atoms with Gasteiger partial charge in [0.2, 0.25) is 0 Å². The maximum Gasteiger partial charge on any atom is 0.253 e. The van der Waals surface area contributed by atoms with Gasteiger partial charge in [-0.2, -0.15) is 5.10 Å². The molecule has 0 atom stereocenters. The first kappa shape index (κ1) is 16.6. The van der Waals surface area contributed by atoms with Gasteiger partial charge in [-0.25, -0.2) is 9.67 Å². The van der Waals surface area contributed by atoms with Crippen LogP contribution in [-0.2, 0) is 0 Å². The van der Waals surface area contributed by atoms with Crippen LogP contribution >= 0.6 is 0 Å². The Kier molecular flexibility index (Phi) is 5.22. The number of hydrogen-bond acceptors (Lipinski definition) is 5. The van der Waals surface area contributed by atoms with Crippen LogP contribution in [0, 0.1) is 0 Å². The van der Waals surface area contributed by atoms with Crippen LogP contribution in [0.1, 0.15) is 23.2 Å². The number of hydrogen-bond donors (Lipinski definition) is 1. The summed E-state index contributed by atoms with van der Waals surface area (Å²) in [5, 5.41) is 4.09. The monoisotopic (exact) mass is 328 g/mol. The van der Waals surface area contributed by atoms with Crippen LogP contribution in [0.4, 0.5) is 0 Å². The highest BCUT2D eigenvalue weighted by atomic mass is 16.2. The standard InChI is InChI=1S/C17H24N6O/c1-21(11-8-18)15-6-9-22(10-7-15)17(24)14-2-4-16(5-3-14)23-13-19-12-20-23/h2-5,12-13,15H,6-11,18H2,1H3. The Morgan fingerprint density at radius 2 is 2.00 bits per heavy atom. The number of nitrogens with two attached hydrogens (primary N) is 1. The fraction of sp³-hybridized carbons (Fsp3) is 0.471. The van der Waals surface area contributed by atoms with Crippen molar-refractivity contribution >= 4 is 5.91 Å². The number of piperidine rings is 1. The molecule has 0 spiro atoms. The van der Waals surface area contributed by atoms with Crippen LogP contribution in [0.25, 0.3) is 5.69 Å². The lowest BCUT2D eigenvalue weighted by Crippen LogP contribution is -2.46. The second-order valence-electron chi connectivity index (χ2n) is 6.18. The van der Waals surface area contributed by atoms with Crippen molar-refractivity contribution in [2.45, 2.75) is 18.9 Å². The second kappa shape index (κ2) is 7.55. The molecule has 0 aliphatic carbocycles. The molecule has 7 nitrogen and oxygen atoms in total. The number of likely N-dealkylation sites (tertiary alicyclic amines) is 1. The van der Waals surface area contributed by atoms with Gasteiger partial charge in [-0.15, -0.1) is 0 Å². The van der Waals surface area contributed by atoms with E-state index in [1.54, 1.807) is 11.0 Å². The van der Waals surface area contributed by atoms with E-state index >= 15 is 0 Å². The third-order valence-electron chi connectivity index (χ3n) is 4.65. The molecule has 2 aromatic rings. The number of carbonyl (C=O) groups is 1. The van der Waals surface area contributed by atoms with Crippen molar-refractivity contribution in [3.05, 3.63) is 42.5 Å². The molecule has 1 aromatic heterocycles. The van der Waals surface area contributed by atoms with Crippen LogP contribution in [-0.4, -0.2) is 69.7 Å². The van der Waals surface area contributed by atoms with E-state index in [0.29, 0.717) is 18.2 Å². The topological polar surface area (TPSA) is 80.3 Å². The van der Waals surface area contributed by atoms with Crippen molar-refractivity contribution in [3.63, 3.8) is 0 Å². The molecule has 1 aliphatic heterocycles. The van der Waals surface area contributed by atoms with Gasteiger partial charge in [0.05, 0.1) is 5.69 Å². The van der Waals surface area contributed by atoms with E-state index in [2.05, 4.69) is 22.0 Å². The van der Waals surface area contributed by atoms with Gasteiger partial charge < -0.3 is 15.5 Å². The molecule has 0 radical (unpaired) electrons. The van der Waals surface area contributed by atoms with Crippen LogP contribution in [0.15, 0.2) is 36.9 Å². The Bertz CT molecular complexity index is 646. The third kappa shape index (κ3) is 3.63. The molecule has 2 N–H and O–H groups in total. The lowest BCUT2D eigenvalue weighted by Gasteiger charge is -2.36.